The average Bonchev–Trinajstić information content (AvgIpc) is 3.04. The first-order chi connectivity index (χ1) is 11.6. The Bertz CT molecular complexity index is 846. The van der Waals surface area contributed by atoms with Crippen molar-refractivity contribution in [2.24, 2.45) is 0 Å². The second kappa shape index (κ2) is 7.55. The third-order valence-corrected chi connectivity index (χ3v) is 4.33. The fraction of sp³-hybridized carbons (Fsp3) is 0.111. The number of nitrogens with zero attached hydrogens (tertiary/aromatic N) is 1. The van der Waals surface area contributed by atoms with Crippen molar-refractivity contribution < 1.29 is 9.21 Å². The second-order valence-electron chi connectivity index (χ2n) is 5.20. The number of hydrogen-bond donors (Lipinski definition) is 1. The summed E-state index contributed by atoms with van der Waals surface area (Å²) in [4.78, 5) is 16.2. The lowest BCUT2D eigenvalue weighted by Crippen LogP contribution is -2.13. The fourth-order valence-corrected chi connectivity index (χ4v) is 2.85. The van der Waals surface area contributed by atoms with Crippen LogP contribution in [0.15, 0.2) is 64.4 Å². The monoisotopic (exact) mass is 358 g/mol. The van der Waals surface area contributed by atoms with Crippen LogP contribution in [0.4, 0.5) is 5.69 Å². The van der Waals surface area contributed by atoms with Gasteiger partial charge in [0.1, 0.15) is 0 Å². The summed E-state index contributed by atoms with van der Waals surface area (Å²) in [5.41, 5.74) is 2.78. The van der Waals surface area contributed by atoms with E-state index in [2.05, 4.69) is 10.3 Å². The first-order valence-electron chi connectivity index (χ1n) is 7.31. The topological polar surface area (TPSA) is 55.1 Å². The van der Waals surface area contributed by atoms with Crippen molar-refractivity contribution in [2.45, 2.75) is 12.1 Å². The molecule has 0 radical (unpaired) electrons. The summed E-state index contributed by atoms with van der Waals surface area (Å²) in [6.45, 7) is 2.00. The molecule has 0 atom stereocenters. The summed E-state index contributed by atoms with van der Waals surface area (Å²) >= 11 is 7.22. The average molecular weight is 359 g/mol. The van der Waals surface area contributed by atoms with Crippen LogP contribution >= 0.6 is 23.4 Å². The molecule has 0 fully saturated rings. The number of halogens is 1. The molecule has 1 amide bonds. The highest BCUT2D eigenvalue weighted by Crippen LogP contribution is 2.27. The van der Waals surface area contributed by atoms with Crippen LogP contribution < -0.4 is 5.32 Å². The van der Waals surface area contributed by atoms with Crippen molar-refractivity contribution >= 4 is 35.0 Å². The normalized spacial score (nSPS) is 10.6. The smallest absolute Gasteiger partial charge is 0.256 e. The van der Waals surface area contributed by atoms with Crippen molar-refractivity contribution in [3.63, 3.8) is 0 Å². The molecule has 3 aromatic rings. The summed E-state index contributed by atoms with van der Waals surface area (Å²) in [6.07, 6.45) is 1.63. The Labute approximate surface area is 149 Å². The van der Waals surface area contributed by atoms with E-state index < -0.39 is 0 Å². The Kier molecular flexibility index (Phi) is 5.23. The van der Waals surface area contributed by atoms with E-state index in [9.17, 15) is 4.79 Å². The number of carbonyl (C=O) groups is 1. The van der Waals surface area contributed by atoms with Gasteiger partial charge in [-0.25, -0.2) is 4.98 Å². The van der Waals surface area contributed by atoms with E-state index in [-0.39, 0.29) is 11.7 Å². The predicted octanol–water partition coefficient (Wildman–Crippen LogP) is 5.03. The molecule has 122 valence electrons. The molecule has 1 N–H and O–H groups in total. The number of aryl methyl sites for hydroxylation is 1. The van der Waals surface area contributed by atoms with Crippen LogP contribution in [-0.4, -0.2) is 16.6 Å². The molecule has 0 spiro atoms. The largest absolute Gasteiger partial charge is 0.431 e. The zero-order chi connectivity index (χ0) is 16.9. The number of oxazole rings is 1. The van der Waals surface area contributed by atoms with Gasteiger partial charge in [-0.05, 0) is 31.2 Å². The number of nitrogens with one attached hydrogen (secondary N) is 1. The molecule has 0 saturated heterocycles. The van der Waals surface area contributed by atoms with E-state index in [1.54, 1.807) is 18.3 Å². The van der Waals surface area contributed by atoms with Gasteiger partial charge in [0.05, 0.1) is 11.9 Å². The van der Waals surface area contributed by atoms with E-state index in [0.29, 0.717) is 16.0 Å². The number of amides is 1. The maximum Gasteiger partial charge on any atom is 0.256 e. The lowest BCUT2D eigenvalue weighted by atomic mass is 10.2. The lowest BCUT2D eigenvalue weighted by molar-refractivity contribution is -0.113. The minimum absolute atomic E-state index is 0.105. The highest BCUT2D eigenvalue weighted by atomic mass is 35.5. The highest BCUT2D eigenvalue weighted by molar-refractivity contribution is 7.99. The zero-order valence-electron chi connectivity index (χ0n) is 13.0. The molecule has 0 aliphatic rings. The lowest BCUT2D eigenvalue weighted by Gasteiger charge is -2.04. The van der Waals surface area contributed by atoms with Crippen molar-refractivity contribution in [1.29, 1.82) is 0 Å². The maximum atomic E-state index is 12.0. The maximum absolute atomic E-state index is 12.0. The van der Waals surface area contributed by atoms with Crippen LogP contribution in [0, 0.1) is 6.92 Å². The molecule has 4 nitrogen and oxygen atoms in total. The summed E-state index contributed by atoms with van der Waals surface area (Å²) in [6, 6.07) is 15.0. The van der Waals surface area contributed by atoms with Crippen LogP contribution in [0.2, 0.25) is 5.02 Å². The van der Waals surface area contributed by atoms with Crippen LogP contribution in [0.1, 0.15) is 5.56 Å². The van der Waals surface area contributed by atoms with Gasteiger partial charge < -0.3 is 9.73 Å². The summed E-state index contributed by atoms with van der Waals surface area (Å²) in [5.74, 6) is 0.744. The number of anilines is 1. The van der Waals surface area contributed by atoms with E-state index in [1.807, 2.05) is 43.3 Å². The van der Waals surface area contributed by atoms with Crippen LogP contribution in [0.5, 0.6) is 0 Å². The molecule has 0 bridgehead atoms. The van der Waals surface area contributed by atoms with Crippen LogP contribution in [0.25, 0.3) is 11.3 Å². The number of hydrogen-bond acceptors (Lipinski definition) is 4. The minimum Gasteiger partial charge on any atom is -0.431 e. The van der Waals surface area contributed by atoms with Gasteiger partial charge in [-0.15, -0.1) is 0 Å². The molecule has 1 heterocycles. The molecule has 0 saturated carbocycles. The first kappa shape index (κ1) is 16.6. The Balaban J connectivity index is 1.57. The minimum atomic E-state index is -0.105. The Morgan fingerprint density at radius 2 is 2.04 bits per heavy atom. The number of aromatic nitrogens is 1. The Morgan fingerprint density at radius 1 is 1.25 bits per heavy atom. The quantitative estimate of drug-likeness (QED) is 0.649. The standard InChI is InChI=1S/C18H15ClN2O2S/c1-12-5-7-15(8-6-12)21-17(22)11-24-18-20-10-16(23-18)13-3-2-4-14(19)9-13/h2-10H,11H2,1H3,(H,21,22). The molecule has 0 aliphatic heterocycles. The third-order valence-electron chi connectivity index (χ3n) is 3.26. The van der Waals surface area contributed by atoms with Gasteiger partial charge in [-0.3, -0.25) is 4.79 Å². The number of rotatable bonds is 5. The zero-order valence-corrected chi connectivity index (χ0v) is 14.5. The predicted molar refractivity (Wildman–Crippen MR) is 97.5 cm³/mol. The second-order valence-corrected chi connectivity index (χ2v) is 6.57. The number of thioether (sulfide) groups is 1. The molecule has 0 aliphatic carbocycles. The van der Waals surface area contributed by atoms with Gasteiger partial charge in [0.25, 0.3) is 5.22 Å². The molecule has 0 unspecified atom stereocenters. The summed E-state index contributed by atoms with van der Waals surface area (Å²) in [7, 11) is 0. The van der Waals surface area contributed by atoms with Crippen molar-refractivity contribution in [2.75, 3.05) is 11.1 Å². The Morgan fingerprint density at radius 3 is 2.79 bits per heavy atom. The van der Waals surface area contributed by atoms with E-state index in [4.69, 9.17) is 16.0 Å². The Hall–Kier alpha value is -2.24. The van der Waals surface area contributed by atoms with Gasteiger partial charge in [0, 0.05) is 16.3 Å². The van der Waals surface area contributed by atoms with Gasteiger partial charge in [0.2, 0.25) is 5.91 Å². The molecule has 3 rings (SSSR count). The van der Waals surface area contributed by atoms with Gasteiger partial charge in [0.15, 0.2) is 5.76 Å². The fourth-order valence-electron chi connectivity index (χ4n) is 2.06. The highest BCUT2D eigenvalue weighted by Gasteiger charge is 2.10. The third kappa shape index (κ3) is 4.40. The van der Waals surface area contributed by atoms with E-state index in [1.165, 1.54) is 11.8 Å². The van der Waals surface area contributed by atoms with E-state index in [0.717, 1.165) is 16.8 Å². The first-order valence-corrected chi connectivity index (χ1v) is 8.67. The molecule has 24 heavy (non-hydrogen) atoms. The number of benzene rings is 2. The number of carbonyl (C=O) groups excluding carboxylic acids is 1. The van der Waals surface area contributed by atoms with Gasteiger partial charge in [-0.2, -0.15) is 0 Å². The summed E-state index contributed by atoms with van der Waals surface area (Å²) < 4.78 is 5.65. The SMILES string of the molecule is Cc1ccc(NC(=O)CSc2ncc(-c3cccc(Cl)c3)o2)cc1. The van der Waals surface area contributed by atoms with Crippen LogP contribution in [-0.2, 0) is 4.79 Å². The molecule has 2 aromatic carbocycles. The van der Waals surface area contributed by atoms with Gasteiger partial charge in [-0.1, -0.05) is 53.2 Å². The molecule has 6 heteroatoms. The van der Waals surface area contributed by atoms with Crippen LogP contribution in [0.3, 0.4) is 0 Å². The van der Waals surface area contributed by atoms with Crippen molar-refractivity contribution in [1.82, 2.24) is 4.98 Å². The summed E-state index contributed by atoms with van der Waals surface area (Å²) in [5, 5.41) is 3.92. The van der Waals surface area contributed by atoms with E-state index >= 15 is 0 Å². The molecule has 1 aromatic heterocycles. The van der Waals surface area contributed by atoms with Crippen molar-refractivity contribution in [3.8, 4) is 11.3 Å². The molecular formula is C18H15ClN2O2S. The van der Waals surface area contributed by atoms with Gasteiger partial charge >= 0.3 is 0 Å². The van der Waals surface area contributed by atoms with Crippen molar-refractivity contribution in [3.05, 3.63) is 65.3 Å². The molecular weight excluding hydrogens is 344 g/mol.